The quantitative estimate of drug-likeness (QED) is 0.804. The van der Waals surface area contributed by atoms with Gasteiger partial charge < -0.3 is 19.7 Å². The zero-order valence-corrected chi connectivity index (χ0v) is 14.8. The highest BCUT2D eigenvalue weighted by molar-refractivity contribution is 6.05. The fourth-order valence-electron chi connectivity index (χ4n) is 2.84. The Hall–Kier alpha value is -2.93. The summed E-state index contributed by atoms with van der Waals surface area (Å²) in [7, 11) is 1.60. The van der Waals surface area contributed by atoms with E-state index in [-0.39, 0.29) is 11.8 Å². The number of fused-ring (bicyclic) bond motifs is 1. The molecule has 0 saturated carbocycles. The molecule has 3 rings (SSSR count). The third kappa shape index (κ3) is 4.00. The van der Waals surface area contributed by atoms with E-state index in [1.807, 2.05) is 12.1 Å². The fourth-order valence-corrected chi connectivity index (χ4v) is 2.84. The molecule has 1 aliphatic rings. The normalized spacial score (nSPS) is 12.6. The Bertz CT molecular complexity index is 805. The average Bonchev–Trinajstić information content (AvgIpc) is 3.07. The first-order valence-electron chi connectivity index (χ1n) is 8.38. The number of benzene rings is 1. The molecule has 7 heteroatoms. The van der Waals surface area contributed by atoms with Crippen LogP contribution >= 0.6 is 0 Å². The minimum atomic E-state index is -0.219. The van der Waals surface area contributed by atoms with E-state index in [1.54, 1.807) is 43.3 Å². The van der Waals surface area contributed by atoms with Crippen molar-refractivity contribution in [1.29, 1.82) is 0 Å². The Morgan fingerprint density at radius 2 is 2.08 bits per heavy atom. The highest BCUT2D eigenvalue weighted by Gasteiger charge is 2.23. The number of carbonyl (C=O) groups excluding carboxylic acids is 2. The molecule has 136 valence electrons. The van der Waals surface area contributed by atoms with E-state index in [2.05, 4.69) is 10.3 Å². The molecule has 26 heavy (non-hydrogen) atoms. The maximum atomic E-state index is 12.5. The molecule has 1 aromatic carbocycles. The number of methoxy groups -OCH3 is 1. The number of pyridine rings is 1. The number of hydrogen-bond acceptors (Lipinski definition) is 5. The van der Waals surface area contributed by atoms with Gasteiger partial charge in [0.1, 0.15) is 6.61 Å². The largest absolute Gasteiger partial charge is 0.475 e. The van der Waals surface area contributed by atoms with Crippen LogP contribution in [0.2, 0.25) is 0 Å². The Balaban J connectivity index is 1.64. The lowest BCUT2D eigenvalue weighted by molar-refractivity contribution is -0.116. The lowest BCUT2D eigenvalue weighted by atomic mass is 10.1. The molecule has 0 aliphatic carbocycles. The van der Waals surface area contributed by atoms with E-state index in [0.717, 1.165) is 17.7 Å². The summed E-state index contributed by atoms with van der Waals surface area (Å²) in [5, 5.41) is 2.82. The molecule has 2 heterocycles. The van der Waals surface area contributed by atoms with Gasteiger partial charge in [-0.05, 0) is 36.2 Å². The van der Waals surface area contributed by atoms with E-state index in [0.29, 0.717) is 36.9 Å². The van der Waals surface area contributed by atoms with Crippen LogP contribution in [-0.4, -0.2) is 43.7 Å². The Kier molecular flexibility index (Phi) is 5.48. The summed E-state index contributed by atoms with van der Waals surface area (Å²) in [6.07, 6.45) is 2.30. The van der Waals surface area contributed by atoms with Crippen molar-refractivity contribution in [3.8, 4) is 5.88 Å². The van der Waals surface area contributed by atoms with Crippen molar-refractivity contribution in [2.75, 3.05) is 37.1 Å². The molecule has 1 N–H and O–H groups in total. The molecule has 0 fully saturated rings. The summed E-state index contributed by atoms with van der Waals surface area (Å²) in [6, 6.07) is 8.81. The molecule has 2 amide bonds. The third-order valence-electron chi connectivity index (χ3n) is 4.15. The number of amides is 2. The highest BCUT2D eigenvalue weighted by atomic mass is 16.5. The van der Waals surface area contributed by atoms with Crippen LogP contribution in [0.15, 0.2) is 36.5 Å². The van der Waals surface area contributed by atoms with Crippen LogP contribution in [0.3, 0.4) is 0 Å². The van der Waals surface area contributed by atoms with Gasteiger partial charge in [-0.2, -0.15) is 0 Å². The van der Waals surface area contributed by atoms with Gasteiger partial charge in [0.2, 0.25) is 11.8 Å². The molecule has 0 radical (unpaired) electrons. The molecule has 0 unspecified atom stereocenters. The van der Waals surface area contributed by atoms with Gasteiger partial charge in [0.25, 0.3) is 5.91 Å². The SMILES string of the molecule is COCCOc1ccc(NC(=O)c2ccc3c(c2)CCN3C(C)=O)cn1. The monoisotopic (exact) mass is 355 g/mol. The fraction of sp³-hybridized carbons (Fsp3) is 0.316. The Labute approximate surface area is 151 Å². The van der Waals surface area contributed by atoms with Gasteiger partial charge in [0.05, 0.1) is 18.5 Å². The van der Waals surface area contributed by atoms with E-state index in [9.17, 15) is 9.59 Å². The number of aromatic nitrogens is 1. The second kappa shape index (κ2) is 7.97. The molecule has 2 aromatic rings. The van der Waals surface area contributed by atoms with Crippen LogP contribution < -0.4 is 15.0 Å². The number of nitrogens with one attached hydrogen (secondary N) is 1. The predicted molar refractivity (Wildman–Crippen MR) is 97.7 cm³/mol. The number of ether oxygens (including phenoxy) is 2. The smallest absolute Gasteiger partial charge is 0.255 e. The van der Waals surface area contributed by atoms with Gasteiger partial charge in [-0.25, -0.2) is 4.98 Å². The van der Waals surface area contributed by atoms with Crippen molar-refractivity contribution >= 4 is 23.2 Å². The van der Waals surface area contributed by atoms with E-state index in [4.69, 9.17) is 9.47 Å². The third-order valence-corrected chi connectivity index (χ3v) is 4.15. The first-order chi connectivity index (χ1) is 12.6. The number of anilines is 2. The summed E-state index contributed by atoms with van der Waals surface area (Å²) in [4.78, 5) is 29.9. The molecule has 7 nitrogen and oxygen atoms in total. The van der Waals surface area contributed by atoms with Crippen molar-refractivity contribution in [2.45, 2.75) is 13.3 Å². The second-order valence-electron chi connectivity index (χ2n) is 5.94. The summed E-state index contributed by atoms with van der Waals surface area (Å²) >= 11 is 0. The van der Waals surface area contributed by atoms with E-state index >= 15 is 0 Å². The van der Waals surface area contributed by atoms with Crippen molar-refractivity contribution in [1.82, 2.24) is 4.98 Å². The zero-order chi connectivity index (χ0) is 18.5. The first kappa shape index (κ1) is 17.9. The average molecular weight is 355 g/mol. The number of hydrogen-bond donors (Lipinski definition) is 1. The molecule has 0 atom stereocenters. The van der Waals surface area contributed by atoms with Gasteiger partial charge in [-0.1, -0.05) is 0 Å². The Morgan fingerprint density at radius 1 is 1.23 bits per heavy atom. The molecule has 1 aromatic heterocycles. The van der Waals surface area contributed by atoms with Gasteiger partial charge >= 0.3 is 0 Å². The number of carbonyl (C=O) groups is 2. The maximum absolute atomic E-state index is 12.5. The van der Waals surface area contributed by atoms with Crippen molar-refractivity contribution < 1.29 is 19.1 Å². The summed E-state index contributed by atoms with van der Waals surface area (Å²) in [5.74, 6) is 0.269. The Morgan fingerprint density at radius 3 is 2.77 bits per heavy atom. The van der Waals surface area contributed by atoms with E-state index < -0.39 is 0 Å². The summed E-state index contributed by atoms with van der Waals surface area (Å²) in [6.45, 7) is 3.11. The standard InChI is InChI=1S/C19H21N3O4/c1-13(23)22-8-7-14-11-15(3-5-17(14)22)19(24)21-16-4-6-18(20-12-16)26-10-9-25-2/h3-6,11-12H,7-10H2,1-2H3,(H,21,24). The van der Waals surface area contributed by atoms with Crippen LogP contribution in [-0.2, 0) is 16.0 Å². The first-order valence-corrected chi connectivity index (χ1v) is 8.38. The number of rotatable bonds is 6. The van der Waals surface area contributed by atoms with Crippen molar-refractivity contribution in [3.63, 3.8) is 0 Å². The van der Waals surface area contributed by atoms with Gasteiger partial charge in [0.15, 0.2) is 0 Å². The van der Waals surface area contributed by atoms with Gasteiger partial charge in [-0.15, -0.1) is 0 Å². The van der Waals surface area contributed by atoms with Crippen LogP contribution in [0.4, 0.5) is 11.4 Å². The molecule has 0 bridgehead atoms. The lowest BCUT2D eigenvalue weighted by Crippen LogP contribution is -2.25. The predicted octanol–water partition coefficient (Wildman–Crippen LogP) is 2.27. The molecule has 0 saturated heterocycles. The van der Waals surface area contributed by atoms with Crippen molar-refractivity contribution in [2.24, 2.45) is 0 Å². The topological polar surface area (TPSA) is 80.8 Å². The van der Waals surface area contributed by atoms with Crippen molar-refractivity contribution in [3.05, 3.63) is 47.7 Å². The van der Waals surface area contributed by atoms with Crippen LogP contribution in [0.5, 0.6) is 5.88 Å². The summed E-state index contributed by atoms with van der Waals surface area (Å²) in [5.41, 5.74) is 3.02. The lowest BCUT2D eigenvalue weighted by Gasteiger charge is -2.14. The molecule has 1 aliphatic heterocycles. The van der Waals surface area contributed by atoms with Crippen LogP contribution in [0, 0.1) is 0 Å². The van der Waals surface area contributed by atoms with Gasteiger partial charge in [0, 0.05) is 37.9 Å². The molecular formula is C19H21N3O4. The second-order valence-corrected chi connectivity index (χ2v) is 5.94. The van der Waals surface area contributed by atoms with Crippen LogP contribution in [0.25, 0.3) is 0 Å². The highest BCUT2D eigenvalue weighted by Crippen LogP contribution is 2.29. The number of nitrogens with zero attached hydrogens (tertiary/aromatic N) is 2. The maximum Gasteiger partial charge on any atom is 0.255 e. The van der Waals surface area contributed by atoms with Crippen LogP contribution in [0.1, 0.15) is 22.8 Å². The minimum absolute atomic E-state index is 0.0137. The van der Waals surface area contributed by atoms with Gasteiger partial charge in [-0.3, -0.25) is 9.59 Å². The van der Waals surface area contributed by atoms with E-state index in [1.165, 1.54) is 0 Å². The zero-order valence-electron chi connectivity index (χ0n) is 14.8. The molecular weight excluding hydrogens is 334 g/mol. The summed E-state index contributed by atoms with van der Waals surface area (Å²) < 4.78 is 10.3. The molecule has 0 spiro atoms. The minimum Gasteiger partial charge on any atom is -0.475 e.